The Kier molecular flexibility index (Phi) is 2.92. The van der Waals surface area contributed by atoms with E-state index >= 15 is 0 Å². The van der Waals surface area contributed by atoms with E-state index in [-0.39, 0.29) is 12.5 Å². The molecular weight excluding hydrogens is 264 g/mol. The first kappa shape index (κ1) is 11.7. The van der Waals surface area contributed by atoms with Crippen molar-refractivity contribution >= 4 is 32.6 Å². The zero-order valence-electron chi connectivity index (χ0n) is 10.1. The van der Waals surface area contributed by atoms with Crippen LogP contribution in [0.4, 0.5) is 5.13 Å². The standard InChI is InChI=1S/C11H10N6OS/c1-7-2-3-8-9(4-7)19-11(13-8)14-10(18)5-17-6-12-15-16-17/h2-4,6H,5H2,1H3,(H,13,14,18). The monoisotopic (exact) mass is 274 g/mol. The van der Waals surface area contributed by atoms with Crippen molar-refractivity contribution < 1.29 is 4.79 Å². The molecule has 0 saturated carbocycles. The summed E-state index contributed by atoms with van der Waals surface area (Å²) in [6.07, 6.45) is 1.39. The average molecular weight is 274 g/mol. The van der Waals surface area contributed by atoms with Gasteiger partial charge in [0.2, 0.25) is 5.91 Å². The highest BCUT2D eigenvalue weighted by Crippen LogP contribution is 2.26. The van der Waals surface area contributed by atoms with Crippen LogP contribution in [0.2, 0.25) is 0 Å². The first-order chi connectivity index (χ1) is 9.20. The fraction of sp³-hybridized carbons (Fsp3) is 0.182. The summed E-state index contributed by atoms with van der Waals surface area (Å²) in [7, 11) is 0. The topological polar surface area (TPSA) is 85.6 Å². The maximum absolute atomic E-state index is 11.8. The normalized spacial score (nSPS) is 10.8. The third-order valence-corrected chi connectivity index (χ3v) is 3.42. The van der Waals surface area contributed by atoms with Gasteiger partial charge in [0.05, 0.1) is 10.2 Å². The van der Waals surface area contributed by atoms with Gasteiger partial charge in [-0.3, -0.25) is 4.79 Å². The van der Waals surface area contributed by atoms with Crippen LogP contribution in [0.1, 0.15) is 5.56 Å². The number of anilines is 1. The number of fused-ring (bicyclic) bond motifs is 1. The van der Waals surface area contributed by atoms with Crippen molar-refractivity contribution in [1.29, 1.82) is 0 Å². The summed E-state index contributed by atoms with van der Waals surface area (Å²) in [5.41, 5.74) is 2.05. The molecule has 1 amide bonds. The van der Waals surface area contributed by atoms with Gasteiger partial charge in [-0.05, 0) is 35.0 Å². The first-order valence-electron chi connectivity index (χ1n) is 5.58. The lowest BCUT2D eigenvalue weighted by Crippen LogP contribution is -2.19. The first-order valence-corrected chi connectivity index (χ1v) is 6.40. The number of carbonyl (C=O) groups is 1. The van der Waals surface area contributed by atoms with Crippen molar-refractivity contribution in [3.63, 3.8) is 0 Å². The zero-order chi connectivity index (χ0) is 13.2. The van der Waals surface area contributed by atoms with Crippen LogP contribution >= 0.6 is 11.3 Å². The molecule has 19 heavy (non-hydrogen) atoms. The highest BCUT2D eigenvalue weighted by molar-refractivity contribution is 7.22. The molecule has 0 spiro atoms. The molecule has 8 heteroatoms. The Hall–Kier alpha value is -2.35. The van der Waals surface area contributed by atoms with E-state index in [9.17, 15) is 4.79 Å². The van der Waals surface area contributed by atoms with E-state index in [0.717, 1.165) is 10.2 Å². The summed E-state index contributed by atoms with van der Waals surface area (Å²) in [4.78, 5) is 16.1. The molecule has 0 radical (unpaired) electrons. The van der Waals surface area contributed by atoms with Crippen LogP contribution in [0.25, 0.3) is 10.2 Å². The molecule has 0 aliphatic heterocycles. The highest BCUT2D eigenvalue weighted by atomic mass is 32.1. The van der Waals surface area contributed by atoms with Crippen LogP contribution in [0, 0.1) is 6.92 Å². The van der Waals surface area contributed by atoms with Crippen LogP contribution in [0.5, 0.6) is 0 Å². The molecule has 3 rings (SSSR count). The molecule has 0 aliphatic carbocycles. The van der Waals surface area contributed by atoms with Gasteiger partial charge in [-0.15, -0.1) is 5.10 Å². The number of hydrogen-bond donors (Lipinski definition) is 1. The Labute approximate surface area is 112 Å². The van der Waals surface area contributed by atoms with Gasteiger partial charge in [0.15, 0.2) is 5.13 Å². The molecule has 1 aromatic carbocycles. The van der Waals surface area contributed by atoms with E-state index in [4.69, 9.17) is 0 Å². The van der Waals surface area contributed by atoms with Crippen LogP contribution in [0.3, 0.4) is 0 Å². The molecule has 0 bridgehead atoms. The molecule has 2 heterocycles. The Morgan fingerprint density at radius 3 is 3.16 bits per heavy atom. The van der Waals surface area contributed by atoms with Gasteiger partial charge < -0.3 is 5.32 Å². The molecule has 0 unspecified atom stereocenters. The van der Waals surface area contributed by atoms with Crippen LogP contribution in [-0.2, 0) is 11.3 Å². The smallest absolute Gasteiger partial charge is 0.248 e. The molecule has 7 nitrogen and oxygen atoms in total. The molecule has 0 saturated heterocycles. The molecule has 0 atom stereocenters. The number of rotatable bonds is 3. The lowest BCUT2D eigenvalue weighted by atomic mass is 10.2. The molecule has 0 aliphatic rings. The Morgan fingerprint density at radius 1 is 1.47 bits per heavy atom. The largest absolute Gasteiger partial charge is 0.300 e. The maximum Gasteiger partial charge on any atom is 0.248 e. The van der Waals surface area contributed by atoms with Crippen molar-refractivity contribution in [1.82, 2.24) is 25.2 Å². The number of tetrazole rings is 1. The quantitative estimate of drug-likeness (QED) is 0.776. The fourth-order valence-corrected chi connectivity index (χ4v) is 2.62. The Balaban J connectivity index is 1.76. The SMILES string of the molecule is Cc1ccc2nc(NC(=O)Cn3cnnn3)sc2c1. The summed E-state index contributed by atoms with van der Waals surface area (Å²) < 4.78 is 2.41. The minimum atomic E-state index is -0.205. The van der Waals surface area contributed by atoms with Crippen LogP contribution in [-0.4, -0.2) is 31.1 Å². The predicted molar refractivity (Wildman–Crippen MR) is 70.8 cm³/mol. The number of thiazole rings is 1. The van der Waals surface area contributed by atoms with E-state index in [1.54, 1.807) is 0 Å². The second-order valence-corrected chi connectivity index (χ2v) is 5.08. The number of amides is 1. The average Bonchev–Trinajstić information content (AvgIpc) is 2.97. The number of aromatic nitrogens is 5. The lowest BCUT2D eigenvalue weighted by molar-refractivity contribution is -0.116. The van der Waals surface area contributed by atoms with E-state index in [1.807, 2.05) is 25.1 Å². The van der Waals surface area contributed by atoms with Gasteiger partial charge in [-0.25, -0.2) is 9.67 Å². The van der Waals surface area contributed by atoms with Gasteiger partial charge in [0.1, 0.15) is 12.9 Å². The molecule has 1 N–H and O–H groups in total. The summed E-state index contributed by atoms with van der Waals surface area (Å²) in [5.74, 6) is -0.205. The second kappa shape index (κ2) is 4.73. The molecule has 96 valence electrons. The van der Waals surface area contributed by atoms with Crippen LogP contribution < -0.4 is 5.32 Å². The molecule has 0 fully saturated rings. The lowest BCUT2D eigenvalue weighted by Gasteiger charge is -1.99. The van der Waals surface area contributed by atoms with Crippen molar-refractivity contribution in [3.05, 3.63) is 30.1 Å². The van der Waals surface area contributed by atoms with E-state index in [0.29, 0.717) is 5.13 Å². The van der Waals surface area contributed by atoms with Gasteiger partial charge in [0, 0.05) is 0 Å². The summed E-state index contributed by atoms with van der Waals surface area (Å²) in [6.45, 7) is 2.09. The summed E-state index contributed by atoms with van der Waals surface area (Å²) >= 11 is 1.45. The molecule has 3 aromatic rings. The summed E-state index contributed by atoms with van der Waals surface area (Å²) in [6, 6.07) is 5.98. The van der Waals surface area contributed by atoms with Crippen LogP contribution in [0.15, 0.2) is 24.5 Å². The minimum Gasteiger partial charge on any atom is -0.300 e. The summed E-state index contributed by atoms with van der Waals surface area (Å²) in [5, 5.41) is 13.9. The van der Waals surface area contributed by atoms with Crippen molar-refractivity contribution in [2.75, 3.05) is 5.32 Å². The Morgan fingerprint density at radius 2 is 2.37 bits per heavy atom. The van der Waals surface area contributed by atoms with Gasteiger partial charge in [-0.1, -0.05) is 17.4 Å². The van der Waals surface area contributed by atoms with Gasteiger partial charge in [0.25, 0.3) is 0 Å². The fourth-order valence-electron chi connectivity index (χ4n) is 1.64. The number of benzene rings is 1. The van der Waals surface area contributed by atoms with E-state index < -0.39 is 0 Å². The van der Waals surface area contributed by atoms with Crippen molar-refractivity contribution in [2.45, 2.75) is 13.5 Å². The Bertz CT molecular complexity index is 720. The third kappa shape index (κ3) is 2.58. The number of aryl methyl sites for hydroxylation is 1. The van der Waals surface area contributed by atoms with Crippen molar-refractivity contribution in [2.24, 2.45) is 0 Å². The number of nitrogens with zero attached hydrogens (tertiary/aromatic N) is 5. The van der Waals surface area contributed by atoms with Gasteiger partial charge >= 0.3 is 0 Å². The van der Waals surface area contributed by atoms with E-state index in [1.165, 1.54) is 27.9 Å². The number of carbonyl (C=O) groups excluding carboxylic acids is 1. The predicted octanol–water partition coefficient (Wildman–Crippen LogP) is 1.23. The molecular formula is C11H10N6OS. The second-order valence-electron chi connectivity index (χ2n) is 4.05. The van der Waals surface area contributed by atoms with Gasteiger partial charge in [-0.2, -0.15) is 0 Å². The number of hydrogen-bond acceptors (Lipinski definition) is 6. The zero-order valence-corrected chi connectivity index (χ0v) is 10.9. The number of nitrogens with one attached hydrogen (secondary N) is 1. The minimum absolute atomic E-state index is 0.0714. The molecule has 2 aromatic heterocycles. The highest BCUT2D eigenvalue weighted by Gasteiger charge is 2.09. The third-order valence-electron chi connectivity index (χ3n) is 2.49. The maximum atomic E-state index is 11.8. The van der Waals surface area contributed by atoms with Crippen molar-refractivity contribution in [3.8, 4) is 0 Å². The van der Waals surface area contributed by atoms with E-state index in [2.05, 4.69) is 25.8 Å².